The van der Waals surface area contributed by atoms with Crippen molar-refractivity contribution < 1.29 is 8.42 Å². The van der Waals surface area contributed by atoms with Gasteiger partial charge in [0.1, 0.15) is 0 Å². The molecule has 19 heavy (non-hydrogen) atoms. The van der Waals surface area contributed by atoms with Gasteiger partial charge < -0.3 is 10.2 Å². The molecule has 0 radical (unpaired) electrons. The monoisotopic (exact) mass is 291 g/mol. The lowest BCUT2D eigenvalue weighted by molar-refractivity contribution is 0.225. The van der Waals surface area contributed by atoms with E-state index in [0.29, 0.717) is 25.6 Å². The Bertz CT molecular complexity index is 336. The third-order valence-corrected chi connectivity index (χ3v) is 5.43. The van der Waals surface area contributed by atoms with Crippen LogP contribution in [0.2, 0.25) is 0 Å². The van der Waals surface area contributed by atoms with Gasteiger partial charge >= 0.3 is 0 Å². The van der Waals surface area contributed by atoms with Gasteiger partial charge in [-0.25, -0.2) is 12.7 Å². The van der Waals surface area contributed by atoms with Crippen LogP contribution >= 0.6 is 0 Å². The fraction of sp³-hybridized carbons (Fsp3) is 1.00. The lowest BCUT2D eigenvalue weighted by atomic mass is 9.98. The van der Waals surface area contributed by atoms with E-state index in [2.05, 4.69) is 31.2 Å². The average molecular weight is 291 g/mol. The SMILES string of the molecule is CCCNCCS(=O)(=O)N1CCC(CN(C)C)CC1. The van der Waals surface area contributed by atoms with Crippen molar-refractivity contribution in [1.82, 2.24) is 14.5 Å². The smallest absolute Gasteiger partial charge is 0.215 e. The molecular weight excluding hydrogens is 262 g/mol. The Morgan fingerprint density at radius 2 is 1.84 bits per heavy atom. The highest BCUT2D eigenvalue weighted by atomic mass is 32.2. The summed E-state index contributed by atoms with van der Waals surface area (Å²) in [4.78, 5) is 2.18. The van der Waals surface area contributed by atoms with E-state index in [4.69, 9.17) is 0 Å². The molecule has 0 bridgehead atoms. The molecule has 0 aromatic carbocycles. The highest BCUT2D eigenvalue weighted by molar-refractivity contribution is 7.89. The Hall–Kier alpha value is -0.170. The lowest BCUT2D eigenvalue weighted by Crippen LogP contribution is -2.43. The van der Waals surface area contributed by atoms with Crippen molar-refractivity contribution in [2.45, 2.75) is 26.2 Å². The van der Waals surface area contributed by atoms with E-state index in [-0.39, 0.29) is 5.75 Å². The molecule has 1 saturated heterocycles. The fourth-order valence-electron chi connectivity index (χ4n) is 2.52. The van der Waals surface area contributed by atoms with Crippen molar-refractivity contribution in [2.24, 2.45) is 5.92 Å². The largest absolute Gasteiger partial charge is 0.316 e. The number of piperidine rings is 1. The minimum atomic E-state index is -3.06. The van der Waals surface area contributed by atoms with Crippen molar-refractivity contribution in [2.75, 3.05) is 52.6 Å². The summed E-state index contributed by atoms with van der Waals surface area (Å²) in [6, 6.07) is 0. The van der Waals surface area contributed by atoms with Gasteiger partial charge in [-0.2, -0.15) is 0 Å². The van der Waals surface area contributed by atoms with E-state index in [0.717, 1.165) is 32.4 Å². The predicted octanol–water partition coefficient (Wildman–Crippen LogP) is 0.589. The normalized spacial score (nSPS) is 19.2. The maximum atomic E-state index is 12.2. The number of hydrogen-bond donors (Lipinski definition) is 1. The van der Waals surface area contributed by atoms with Crippen LogP contribution in [-0.4, -0.2) is 70.2 Å². The third kappa shape index (κ3) is 6.21. The summed E-state index contributed by atoms with van der Waals surface area (Å²) in [5, 5.41) is 3.15. The summed E-state index contributed by atoms with van der Waals surface area (Å²) in [7, 11) is 1.09. The maximum Gasteiger partial charge on any atom is 0.215 e. The van der Waals surface area contributed by atoms with Crippen molar-refractivity contribution in [1.29, 1.82) is 0 Å². The Kier molecular flexibility index (Phi) is 7.28. The van der Waals surface area contributed by atoms with E-state index < -0.39 is 10.0 Å². The molecule has 0 aromatic heterocycles. The molecule has 5 nitrogen and oxygen atoms in total. The second-order valence-corrected chi connectivity index (χ2v) is 7.76. The molecule has 0 unspecified atom stereocenters. The first-order chi connectivity index (χ1) is 8.95. The number of nitrogens with zero attached hydrogens (tertiary/aromatic N) is 2. The molecule has 1 aliphatic heterocycles. The molecule has 0 aliphatic carbocycles. The van der Waals surface area contributed by atoms with Gasteiger partial charge in [-0.3, -0.25) is 0 Å². The van der Waals surface area contributed by atoms with Crippen LogP contribution in [0.5, 0.6) is 0 Å². The summed E-state index contributed by atoms with van der Waals surface area (Å²) in [5.74, 6) is 0.866. The second-order valence-electron chi connectivity index (χ2n) is 5.67. The molecule has 1 fully saturated rings. The minimum absolute atomic E-state index is 0.228. The van der Waals surface area contributed by atoms with Crippen molar-refractivity contribution in [3.8, 4) is 0 Å². The average Bonchev–Trinajstić information content (AvgIpc) is 2.35. The van der Waals surface area contributed by atoms with E-state index in [9.17, 15) is 8.42 Å². The van der Waals surface area contributed by atoms with Gasteiger partial charge in [-0.15, -0.1) is 0 Å². The van der Waals surface area contributed by atoms with Crippen LogP contribution in [0, 0.1) is 5.92 Å². The molecule has 0 atom stereocenters. The van der Waals surface area contributed by atoms with Crippen molar-refractivity contribution >= 4 is 10.0 Å². The zero-order chi connectivity index (χ0) is 14.3. The van der Waals surface area contributed by atoms with Crippen LogP contribution in [0.3, 0.4) is 0 Å². The summed E-state index contributed by atoms with van der Waals surface area (Å²) < 4.78 is 26.0. The number of nitrogens with one attached hydrogen (secondary N) is 1. The van der Waals surface area contributed by atoms with Crippen molar-refractivity contribution in [3.63, 3.8) is 0 Å². The van der Waals surface area contributed by atoms with Gasteiger partial charge in [-0.1, -0.05) is 6.92 Å². The molecular formula is C13H29N3O2S. The molecule has 0 amide bonds. The first-order valence-corrected chi connectivity index (χ1v) is 8.90. The molecule has 0 saturated carbocycles. The molecule has 114 valence electrons. The van der Waals surface area contributed by atoms with Gasteiger partial charge in [0.2, 0.25) is 10.0 Å². The maximum absolute atomic E-state index is 12.2. The van der Waals surface area contributed by atoms with Gasteiger partial charge in [0, 0.05) is 26.2 Å². The third-order valence-electron chi connectivity index (χ3n) is 3.55. The molecule has 1 heterocycles. The second kappa shape index (κ2) is 8.19. The van der Waals surface area contributed by atoms with Gasteiger partial charge in [0.05, 0.1) is 5.75 Å². The summed E-state index contributed by atoms with van der Waals surface area (Å²) in [6.07, 6.45) is 3.01. The molecule has 0 aromatic rings. The van der Waals surface area contributed by atoms with E-state index in [1.165, 1.54) is 0 Å². The molecule has 0 spiro atoms. The first kappa shape index (κ1) is 16.9. The van der Waals surface area contributed by atoms with E-state index in [1.54, 1.807) is 4.31 Å². The van der Waals surface area contributed by atoms with Crippen LogP contribution in [0.15, 0.2) is 0 Å². The lowest BCUT2D eigenvalue weighted by Gasteiger charge is -2.32. The zero-order valence-electron chi connectivity index (χ0n) is 12.6. The topological polar surface area (TPSA) is 52.7 Å². The number of rotatable bonds is 8. The Morgan fingerprint density at radius 3 is 2.37 bits per heavy atom. The standard InChI is InChI=1S/C13H29N3O2S/c1-4-7-14-8-11-19(17,18)16-9-5-13(6-10-16)12-15(2)3/h13-14H,4-12H2,1-3H3. The summed E-state index contributed by atoms with van der Waals surface area (Å²) in [5.41, 5.74) is 0. The zero-order valence-corrected chi connectivity index (χ0v) is 13.4. The van der Waals surface area contributed by atoms with Crippen LogP contribution in [0.25, 0.3) is 0 Å². The molecule has 1 rings (SSSR count). The Labute approximate surface area is 118 Å². The fourth-order valence-corrected chi connectivity index (χ4v) is 3.95. The molecule has 1 N–H and O–H groups in total. The minimum Gasteiger partial charge on any atom is -0.316 e. The first-order valence-electron chi connectivity index (χ1n) is 7.29. The van der Waals surface area contributed by atoms with Crippen LogP contribution in [0.4, 0.5) is 0 Å². The van der Waals surface area contributed by atoms with Crippen LogP contribution < -0.4 is 5.32 Å². The number of sulfonamides is 1. The Morgan fingerprint density at radius 1 is 1.21 bits per heavy atom. The summed E-state index contributed by atoms with van der Waals surface area (Å²) >= 11 is 0. The van der Waals surface area contributed by atoms with Gasteiger partial charge in [0.15, 0.2) is 0 Å². The molecule has 1 aliphatic rings. The van der Waals surface area contributed by atoms with Crippen LogP contribution in [-0.2, 0) is 10.0 Å². The van der Waals surface area contributed by atoms with Crippen molar-refractivity contribution in [3.05, 3.63) is 0 Å². The number of hydrogen-bond acceptors (Lipinski definition) is 4. The highest BCUT2D eigenvalue weighted by Crippen LogP contribution is 2.20. The van der Waals surface area contributed by atoms with Gasteiger partial charge in [-0.05, 0) is 45.8 Å². The van der Waals surface area contributed by atoms with Crippen LogP contribution in [0.1, 0.15) is 26.2 Å². The predicted molar refractivity (Wildman–Crippen MR) is 79.8 cm³/mol. The van der Waals surface area contributed by atoms with E-state index in [1.807, 2.05) is 0 Å². The van der Waals surface area contributed by atoms with Gasteiger partial charge in [0.25, 0.3) is 0 Å². The summed E-state index contributed by atoms with van der Waals surface area (Å²) in [6.45, 7) is 5.97. The van der Waals surface area contributed by atoms with E-state index >= 15 is 0 Å². The quantitative estimate of drug-likeness (QED) is 0.665. The molecule has 6 heteroatoms. The highest BCUT2D eigenvalue weighted by Gasteiger charge is 2.27. The Balaban J connectivity index is 2.32.